The fourth-order valence-corrected chi connectivity index (χ4v) is 7.39. The van der Waals surface area contributed by atoms with E-state index in [4.69, 9.17) is 28.2 Å². The lowest BCUT2D eigenvalue weighted by Gasteiger charge is -2.38. The zero-order chi connectivity index (χ0) is 29.3. The fraction of sp³-hybridized carbons (Fsp3) is 0.344. The lowest BCUT2D eigenvalue weighted by atomic mass is 9.79. The summed E-state index contributed by atoms with van der Waals surface area (Å²) in [4.78, 5) is 4.84. The van der Waals surface area contributed by atoms with Crippen LogP contribution in [0.2, 0.25) is 10.0 Å². The normalized spacial score (nSPS) is 20.2. The standard InChI is InChI=1S/C32H30Cl2FN7/c1-16-22-12-26(17(2)39-20-14-38-41(3)15-20)42(31-19-11-25(31)37-13-19)32(22)23-10-18(6-5-9-36)27(29(35)30(23)40-16)21-7-4-8-24(33)28(21)34/h4,7-8,10,12,14-15,17,19,25,31,37,39H,5-6,11,13H2,1-3H3/t17-,19-,25-,31+/m1/s1. The first-order valence-corrected chi connectivity index (χ1v) is 15.0. The Labute approximate surface area is 253 Å². The number of benzene rings is 2. The first-order valence-electron chi connectivity index (χ1n) is 14.2. The van der Waals surface area contributed by atoms with Crippen molar-refractivity contribution in [2.75, 3.05) is 11.9 Å². The Balaban J connectivity index is 1.51. The molecule has 5 aromatic rings. The Hall–Kier alpha value is -3.64. The Morgan fingerprint density at radius 3 is 2.79 bits per heavy atom. The molecular formula is C32H30Cl2FN7. The van der Waals surface area contributed by atoms with E-state index in [0.717, 1.165) is 46.3 Å². The average molecular weight is 603 g/mol. The van der Waals surface area contributed by atoms with Crippen LogP contribution in [0, 0.1) is 30.0 Å². The largest absolute Gasteiger partial charge is 0.374 e. The number of nitriles is 1. The van der Waals surface area contributed by atoms with Crippen LogP contribution < -0.4 is 10.6 Å². The predicted molar refractivity (Wildman–Crippen MR) is 166 cm³/mol. The van der Waals surface area contributed by atoms with E-state index in [1.54, 1.807) is 22.9 Å². The molecule has 7 nitrogen and oxygen atoms in total. The Morgan fingerprint density at radius 1 is 1.26 bits per heavy atom. The van der Waals surface area contributed by atoms with E-state index < -0.39 is 5.82 Å². The van der Waals surface area contributed by atoms with Crippen molar-refractivity contribution in [1.29, 1.82) is 5.26 Å². The van der Waals surface area contributed by atoms with Crippen molar-refractivity contribution in [2.45, 2.75) is 51.2 Å². The quantitative estimate of drug-likeness (QED) is 0.202. The lowest BCUT2D eigenvalue weighted by Crippen LogP contribution is -2.40. The number of fused-ring (bicyclic) bond motifs is 4. The summed E-state index contributed by atoms with van der Waals surface area (Å²) in [5.41, 5.74) is 5.66. The van der Waals surface area contributed by atoms with Gasteiger partial charge in [0.1, 0.15) is 5.52 Å². The van der Waals surface area contributed by atoms with Gasteiger partial charge in [0.2, 0.25) is 0 Å². The molecule has 0 radical (unpaired) electrons. The molecule has 1 aliphatic carbocycles. The third-order valence-electron chi connectivity index (χ3n) is 8.96. The van der Waals surface area contributed by atoms with E-state index in [0.29, 0.717) is 45.6 Å². The third-order valence-corrected chi connectivity index (χ3v) is 9.78. The highest BCUT2D eigenvalue weighted by Crippen LogP contribution is 2.49. The van der Waals surface area contributed by atoms with Crippen LogP contribution in [0.5, 0.6) is 0 Å². The number of halogens is 3. The third kappa shape index (κ3) is 4.17. The van der Waals surface area contributed by atoms with E-state index in [9.17, 15) is 5.26 Å². The van der Waals surface area contributed by atoms with Gasteiger partial charge in [-0.05, 0) is 56.4 Å². The molecule has 0 spiro atoms. The molecule has 4 atom stereocenters. The second-order valence-electron chi connectivity index (χ2n) is 11.5. The summed E-state index contributed by atoms with van der Waals surface area (Å²) in [6.07, 6.45) is 5.53. The molecule has 2 aromatic carbocycles. The molecule has 3 aliphatic rings. The summed E-state index contributed by atoms with van der Waals surface area (Å²) >= 11 is 13.0. The maximum absolute atomic E-state index is 16.8. The molecule has 0 amide bonds. The molecule has 10 heteroatoms. The molecule has 2 N–H and O–H groups in total. The summed E-state index contributed by atoms with van der Waals surface area (Å²) in [5, 5.41) is 23.4. The van der Waals surface area contributed by atoms with Crippen molar-refractivity contribution in [2.24, 2.45) is 13.0 Å². The molecule has 2 aliphatic heterocycles. The zero-order valence-corrected chi connectivity index (χ0v) is 25.1. The molecule has 3 fully saturated rings. The lowest BCUT2D eigenvalue weighted by molar-refractivity contribution is 0.221. The van der Waals surface area contributed by atoms with E-state index >= 15 is 4.39 Å². The highest BCUT2D eigenvalue weighted by atomic mass is 35.5. The van der Waals surface area contributed by atoms with Gasteiger partial charge in [0.15, 0.2) is 5.82 Å². The number of nitrogens with zero attached hydrogens (tertiary/aromatic N) is 5. The monoisotopic (exact) mass is 601 g/mol. The van der Waals surface area contributed by atoms with Gasteiger partial charge in [-0.2, -0.15) is 10.4 Å². The fourth-order valence-electron chi connectivity index (χ4n) is 7.00. The number of rotatable bonds is 7. The molecule has 2 saturated heterocycles. The van der Waals surface area contributed by atoms with Crippen molar-refractivity contribution in [1.82, 2.24) is 24.6 Å². The number of pyridine rings is 1. The number of aryl methyl sites for hydroxylation is 3. The number of hydrogen-bond acceptors (Lipinski definition) is 5. The first-order chi connectivity index (χ1) is 20.3. The summed E-state index contributed by atoms with van der Waals surface area (Å²) in [6, 6.07) is 12.2. The highest BCUT2D eigenvalue weighted by Gasteiger charge is 2.49. The molecule has 5 heterocycles. The first kappa shape index (κ1) is 27.2. The molecule has 214 valence electrons. The van der Waals surface area contributed by atoms with Gasteiger partial charge in [-0.1, -0.05) is 35.3 Å². The predicted octanol–water partition coefficient (Wildman–Crippen LogP) is 7.51. The van der Waals surface area contributed by atoms with E-state index in [1.165, 1.54) is 0 Å². The summed E-state index contributed by atoms with van der Waals surface area (Å²) in [7, 11) is 1.90. The van der Waals surface area contributed by atoms with E-state index in [1.807, 2.05) is 32.4 Å². The maximum atomic E-state index is 16.8. The molecule has 0 unspecified atom stereocenters. The molecule has 8 rings (SSSR count). The molecule has 42 heavy (non-hydrogen) atoms. The van der Waals surface area contributed by atoms with Crippen LogP contribution in [0.1, 0.15) is 48.8 Å². The van der Waals surface area contributed by atoms with Gasteiger partial charge in [0, 0.05) is 65.5 Å². The molecule has 2 bridgehead atoms. The van der Waals surface area contributed by atoms with Crippen molar-refractivity contribution < 1.29 is 4.39 Å². The van der Waals surface area contributed by atoms with Crippen LogP contribution in [0.3, 0.4) is 0 Å². The average Bonchev–Trinajstić information content (AvgIpc) is 3.75. The number of hydrogen-bond donors (Lipinski definition) is 2. The Bertz CT molecular complexity index is 1910. The minimum Gasteiger partial charge on any atom is -0.374 e. The molecule has 3 aromatic heterocycles. The van der Waals surface area contributed by atoms with Crippen LogP contribution in [0.25, 0.3) is 32.9 Å². The van der Waals surface area contributed by atoms with Gasteiger partial charge in [-0.15, -0.1) is 0 Å². The van der Waals surface area contributed by atoms with Gasteiger partial charge in [0.05, 0.1) is 45.6 Å². The summed E-state index contributed by atoms with van der Waals surface area (Å²) in [5.74, 6) is 0.0612. The Morgan fingerprint density at radius 2 is 2.10 bits per heavy atom. The maximum Gasteiger partial charge on any atom is 0.157 e. The topological polar surface area (TPSA) is 83.5 Å². The van der Waals surface area contributed by atoms with Crippen LogP contribution in [-0.2, 0) is 13.5 Å². The van der Waals surface area contributed by atoms with Crippen LogP contribution >= 0.6 is 23.2 Å². The molecular weight excluding hydrogens is 572 g/mol. The van der Waals surface area contributed by atoms with Gasteiger partial charge >= 0.3 is 0 Å². The number of aromatic nitrogens is 4. The smallest absolute Gasteiger partial charge is 0.157 e. The van der Waals surface area contributed by atoms with E-state index in [-0.39, 0.29) is 23.5 Å². The van der Waals surface area contributed by atoms with Crippen LogP contribution in [-0.4, -0.2) is 31.9 Å². The summed E-state index contributed by atoms with van der Waals surface area (Å²) < 4.78 is 21.0. The minimum atomic E-state index is -0.444. The van der Waals surface area contributed by atoms with Gasteiger partial charge in [-0.25, -0.2) is 9.37 Å². The van der Waals surface area contributed by atoms with Crippen molar-refractivity contribution >= 4 is 50.7 Å². The minimum absolute atomic E-state index is 0.0384. The van der Waals surface area contributed by atoms with Crippen LogP contribution in [0.4, 0.5) is 10.1 Å². The van der Waals surface area contributed by atoms with Crippen molar-refractivity contribution in [3.8, 4) is 17.2 Å². The SMILES string of the molecule is Cc1nc2c(F)c(-c3cccc(Cl)c3Cl)c(CCC#N)cc2c2c1cc([C@@H](C)Nc1cnn(C)c1)n2[C@H]1[C@H]2CN[C@@H]1C2. The van der Waals surface area contributed by atoms with Crippen molar-refractivity contribution in [3.05, 3.63) is 75.5 Å². The number of anilines is 1. The van der Waals surface area contributed by atoms with Crippen LogP contribution in [0.15, 0.2) is 42.7 Å². The zero-order valence-electron chi connectivity index (χ0n) is 23.5. The van der Waals surface area contributed by atoms with Gasteiger partial charge < -0.3 is 15.2 Å². The highest BCUT2D eigenvalue weighted by molar-refractivity contribution is 6.43. The van der Waals surface area contributed by atoms with E-state index in [2.05, 4.69) is 39.4 Å². The van der Waals surface area contributed by atoms with Crippen molar-refractivity contribution in [3.63, 3.8) is 0 Å². The second kappa shape index (κ2) is 10.3. The summed E-state index contributed by atoms with van der Waals surface area (Å²) in [6.45, 7) is 5.06. The molecule has 1 saturated carbocycles. The van der Waals surface area contributed by atoms with Gasteiger partial charge in [-0.3, -0.25) is 4.68 Å². The van der Waals surface area contributed by atoms with Gasteiger partial charge in [0.25, 0.3) is 0 Å². The second-order valence-corrected chi connectivity index (χ2v) is 12.3. The number of nitrogens with one attached hydrogen (secondary N) is 2. The Kier molecular flexibility index (Phi) is 6.65.